The molecule has 2 rings (SSSR count). The molecule has 0 unspecified atom stereocenters. The van der Waals surface area contributed by atoms with Gasteiger partial charge in [-0.05, 0) is 31.2 Å². The molecule has 0 saturated heterocycles. The third-order valence-electron chi connectivity index (χ3n) is 3.06. The minimum atomic E-state index is -0.230. The van der Waals surface area contributed by atoms with Crippen LogP contribution in [0.25, 0.3) is 0 Å². The lowest BCUT2D eigenvalue weighted by molar-refractivity contribution is 0.0983. The molecule has 1 amide bonds. The van der Waals surface area contributed by atoms with E-state index in [9.17, 15) is 4.79 Å². The lowest BCUT2D eigenvalue weighted by Gasteiger charge is -2.18. The number of nitriles is 1. The monoisotopic (exact) mass is 269 g/mol. The van der Waals surface area contributed by atoms with Gasteiger partial charge in [0.2, 0.25) is 0 Å². The van der Waals surface area contributed by atoms with Crippen LogP contribution < -0.4 is 10.6 Å². The van der Waals surface area contributed by atoms with Crippen molar-refractivity contribution in [1.29, 1.82) is 5.26 Å². The molecule has 2 N–H and O–H groups in total. The zero-order chi connectivity index (χ0) is 14.7. The lowest BCUT2D eigenvalue weighted by Crippen LogP contribution is -2.29. The summed E-state index contributed by atoms with van der Waals surface area (Å²) in [7, 11) is 1.66. The van der Waals surface area contributed by atoms with Crippen molar-refractivity contribution in [2.75, 3.05) is 17.7 Å². The van der Waals surface area contributed by atoms with Gasteiger partial charge < -0.3 is 10.6 Å². The van der Waals surface area contributed by atoms with Crippen LogP contribution in [0.3, 0.4) is 0 Å². The van der Waals surface area contributed by atoms with E-state index in [1.807, 2.05) is 13.0 Å². The van der Waals surface area contributed by atoms with E-state index >= 15 is 0 Å². The van der Waals surface area contributed by atoms with Crippen LogP contribution in [0.4, 0.5) is 11.4 Å². The van der Waals surface area contributed by atoms with Gasteiger partial charge in [0.15, 0.2) is 0 Å². The minimum absolute atomic E-state index is 0.230. The number of rotatable bonds is 3. The third kappa shape index (κ3) is 2.34. The fourth-order valence-corrected chi connectivity index (χ4v) is 1.91. The highest BCUT2D eigenvalue weighted by Gasteiger charge is 2.20. The number of aromatic nitrogens is 2. The maximum absolute atomic E-state index is 12.5. The Morgan fingerprint density at radius 2 is 2.10 bits per heavy atom. The lowest BCUT2D eigenvalue weighted by atomic mass is 10.2. The number of hydrogen-bond donors (Lipinski definition) is 1. The number of nitrogen functional groups attached to an aromatic ring is 1. The summed E-state index contributed by atoms with van der Waals surface area (Å²) in [6.07, 6.45) is 1.48. The molecule has 0 spiro atoms. The number of benzene rings is 1. The first-order chi connectivity index (χ1) is 9.58. The van der Waals surface area contributed by atoms with E-state index in [-0.39, 0.29) is 5.91 Å². The van der Waals surface area contributed by atoms with Gasteiger partial charge in [0.25, 0.3) is 5.91 Å². The maximum Gasteiger partial charge on any atom is 0.278 e. The number of anilines is 2. The second-order valence-electron chi connectivity index (χ2n) is 4.29. The minimum Gasteiger partial charge on any atom is -0.396 e. The standard InChI is InChI=1S/C14H15N5O/c1-3-19-13(12(16)9-17-19)14(20)18(2)11-6-4-10(8-15)5-7-11/h4-7,9H,3,16H2,1-2H3. The van der Waals surface area contributed by atoms with Crippen molar-refractivity contribution in [3.8, 4) is 6.07 Å². The average molecular weight is 269 g/mol. The van der Waals surface area contributed by atoms with Crippen molar-refractivity contribution in [3.05, 3.63) is 41.7 Å². The van der Waals surface area contributed by atoms with Gasteiger partial charge >= 0.3 is 0 Å². The maximum atomic E-state index is 12.5. The number of hydrogen-bond acceptors (Lipinski definition) is 4. The molecule has 0 fully saturated rings. The Bertz CT molecular complexity index is 666. The average Bonchev–Trinajstić information content (AvgIpc) is 2.86. The molecule has 102 valence electrons. The van der Waals surface area contributed by atoms with Gasteiger partial charge in [0.05, 0.1) is 23.5 Å². The van der Waals surface area contributed by atoms with Gasteiger partial charge in [-0.15, -0.1) is 0 Å². The zero-order valence-corrected chi connectivity index (χ0v) is 11.4. The molecule has 1 aromatic heterocycles. The molecule has 0 atom stereocenters. The summed E-state index contributed by atoms with van der Waals surface area (Å²) < 4.78 is 1.57. The van der Waals surface area contributed by atoms with Gasteiger partial charge in [-0.1, -0.05) is 0 Å². The summed E-state index contributed by atoms with van der Waals surface area (Å²) in [5.74, 6) is -0.230. The van der Waals surface area contributed by atoms with E-state index < -0.39 is 0 Å². The van der Waals surface area contributed by atoms with E-state index in [1.165, 1.54) is 11.1 Å². The largest absolute Gasteiger partial charge is 0.396 e. The fraction of sp³-hybridized carbons (Fsp3) is 0.214. The van der Waals surface area contributed by atoms with Crippen molar-refractivity contribution < 1.29 is 4.79 Å². The second kappa shape index (κ2) is 5.45. The Morgan fingerprint density at radius 1 is 1.45 bits per heavy atom. The molecule has 6 nitrogen and oxygen atoms in total. The Balaban J connectivity index is 2.32. The normalized spacial score (nSPS) is 10.1. The zero-order valence-electron chi connectivity index (χ0n) is 11.4. The van der Waals surface area contributed by atoms with E-state index in [4.69, 9.17) is 11.0 Å². The van der Waals surface area contributed by atoms with Crippen LogP contribution >= 0.6 is 0 Å². The Kier molecular flexibility index (Phi) is 3.71. The molecule has 20 heavy (non-hydrogen) atoms. The number of nitrogens with two attached hydrogens (primary N) is 1. The van der Waals surface area contributed by atoms with Crippen LogP contribution in [0.5, 0.6) is 0 Å². The summed E-state index contributed by atoms with van der Waals surface area (Å²) in [4.78, 5) is 14.0. The van der Waals surface area contributed by atoms with Gasteiger partial charge in [-0.25, -0.2) is 0 Å². The SMILES string of the molecule is CCn1ncc(N)c1C(=O)N(C)c1ccc(C#N)cc1. The van der Waals surface area contributed by atoms with Crippen LogP contribution in [-0.4, -0.2) is 22.7 Å². The number of carbonyl (C=O) groups excluding carboxylic acids is 1. The number of nitrogens with zero attached hydrogens (tertiary/aromatic N) is 4. The van der Waals surface area contributed by atoms with Gasteiger partial charge in [0.1, 0.15) is 5.69 Å². The van der Waals surface area contributed by atoms with E-state index in [2.05, 4.69) is 5.10 Å². The third-order valence-corrected chi connectivity index (χ3v) is 3.06. The van der Waals surface area contributed by atoms with E-state index in [0.29, 0.717) is 29.2 Å². The molecule has 0 aliphatic carbocycles. The highest BCUT2D eigenvalue weighted by atomic mass is 16.2. The summed E-state index contributed by atoms with van der Waals surface area (Å²) in [5.41, 5.74) is 7.78. The van der Waals surface area contributed by atoms with Gasteiger partial charge in [-0.3, -0.25) is 9.48 Å². The molecular formula is C14H15N5O. The predicted molar refractivity (Wildman–Crippen MR) is 76.2 cm³/mol. The van der Waals surface area contributed by atoms with Crippen molar-refractivity contribution >= 4 is 17.3 Å². The van der Waals surface area contributed by atoms with Crippen LogP contribution in [0.2, 0.25) is 0 Å². The predicted octanol–water partition coefficient (Wildman–Crippen LogP) is 1.63. The Hall–Kier alpha value is -2.81. The molecule has 1 heterocycles. The first kappa shape index (κ1) is 13.6. The first-order valence-electron chi connectivity index (χ1n) is 6.18. The highest BCUT2D eigenvalue weighted by molar-refractivity contribution is 6.07. The summed E-state index contributed by atoms with van der Waals surface area (Å²) in [6, 6.07) is 8.82. The quantitative estimate of drug-likeness (QED) is 0.917. The summed E-state index contributed by atoms with van der Waals surface area (Å²) in [5, 5.41) is 12.8. The Labute approximate surface area is 117 Å². The second-order valence-corrected chi connectivity index (χ2v) is 4.29. The molecule has 0 saturated carbocycles. The molecule has 0 radical (unpaired) electrons. The van der Waals surface area contributed by atoms with Crippen LogP contribution in [0, 0.1) is 11.3 Å². The molecule has 6 heteroatoms. The number of carbonyl (C=O) groups is 1. The first-order valence-corrected chi connectivity index (χ1v) is 6.18. The van der Waals surface area contributed by atoms with Crippen molar-refractivity contribution in [1.82, 2.24) is 9.78 Å². The topological polar surface area (TPSA) is 87.9 Å². The van der Waals surface area contributed by atoms with Gasteiger partial charge in [-0.2, -0.15) is 10.4 Å². The Morgan fingerprint density at radius 3 is 2.65 bits per heavy atom. The van der Waals surface area contributed by atoms with Gasteiger partial charge in [0, 0.05) is 19.3 Å². The molecule has 0 aliphatic rings. The van der Waals surface area contributed by atoms with Crippen molar-refractivity contribution in [3.63, 3.8) is 0 Å². The van der Waals surface area contributed by atoms with Crippen molar-refractivity contribution in [2.45, 2.75) is 13.5 Å². The van der Waals surface area contributed by atoms with E-state index in [0.717, 1.165) is 0 Å². The number of amides is 1. The molecule has 2 aromatic rings. The molecule has 0 bridgehead atoms. The van der Waals surface area contributed by atoms with Crippen LogP contribution in [0.15, 0.2) is 30.5 Å². The summed E-state index contributed by atoms with van der Waals surface area (Å²) in [6.45, 7) is 2.46. The van der Waals surface area contributed by atoms with E-state index in [1.54, 1.807) is 36.0 Å². The fourth-order valence-electron chi connectivity index (χ4n) is 1.91. The smallest absolute Gasteiger partial charge is 0.278 e. The highest BCUT2D eigenvalue weighted by Crippen LogP contribution is 2.19. The summed E-state index contributed by atoms with van der Waals surface area (Å²) >= 11 is 0. The molecule has 0 aliphatic heterocycles. The van der Waals surface area contributed by atoms with Crippen LogP contribution in [-0.2, 0) is 6.54 Å². The molecule has 1 aromatic carbocycles. The van der Waals surface area contributed by atoms with Crippen LogP contribution in [0.1, 0.15) is 23.0 Å². The number of aryl methyl sites for hydroxylation is 1. The van der Waals surface area contributed by atoms with Crippen molar-refractivity contribution in [2.24, 2.45) is 0 Å². The molecular weight excluding hydrogens is 254 g/mol.